The zero-order valence-corrected chi connectivity index (χ0v) is 9.80. The van der Waals surface area contributed by atoms with Crippen molar-refractivity contribution in [1.29, 1.82) is 0 Å². The summed E-state index contributed by atoms with van der Waals surface area (Å²) in [7, 11) is 1.61. The molecule has 3 heteroatoms. The van der Waals surface area contributed by atoms with Gasteiger partial charge < -0.3 is 9.84 Å². The molecule has 0 aromatic heterocycles. The Morgan fingerprint density at radius 3 is 2.65 bits per heavy atom. The molecule has 1 aromatic rings. The van der Waals surface area contributed by atoms with E-state index >= 15 is 0 Å². The van der Waals surface area contributed by atoms with Gasteiger partial charge in [0.1, 0.15) is 5.75 Å². The highest BCUT2D eigenvalue weighted by atomic mass is 16.5. The molecule has 0 bridgehead atoms. The normalized spacial score (nSPS) is 12.4. The van der Waals surface area contributed by atoms with E-state index in [1.807, 2.05) is 24.3 Å². The van der Waals surface area contributed by atoms with Gasteiger partial charge in [-0.2, -0.15) is 0 Å². The maximum absolute atomic E-state index is 11.0. The average molecular weight is 232 g/mol. The molecular formula is C14H16O3. The lowest BCUT2D eigenvalue weighted by Crippen LogP contribution is -2.08. The molecule has 0 aliphatic rings. The highest BCUT2D eigenvalue weighted by Crippen LogP contribution is 2.12. The van der Waals surface area contributed by atoms with Crippen molar-refractivity contribution in [2.24, 2.45) is 0 Å². The van der Waals surface area contributed by atoms with Gasteiger partial charge >= 0.3 is 0 Å². The molecule has 0 heterocycles. The smallest absolute Gasteiger partial charge is 0.158 e. The van der Waals surface area contributed by atoms with Crippen LogP contribution >= 0.6 is 0 Å². The minimum Gasteiger partial charge on any atom is -0.497 e. The van der Waals surface area contributed by atoms with Gasteiger partial charge in [0.25, 0.3) is 0 Å². The number of carbonyl (C=O) groups is 1. The van der Waals surface area contributed by atoms with Crippen LogP contribution in [-0.4, -0.2) is 24.1 Å². The van der Waals surface area contributed by atoms with Crippen molar-refractivity contribution >= 4 is 11.9 Å². The van der Waals surface area contributed by atoms with Gasteiger partial charge in [0.2, 0.25) is 0 Å². The van der Waals surface area contributed by atoms with Crippen molar-refractivity contribution in [3.05, 3.63) is 48.6 Å². The van der Waals surface area contributed by atoms with E-state index < -0.39 is 6.10 Å². The summed E-state index contributed by atoms with van der Waals surface area (Å²) in [6.07, 6.45) is 3.85. The Balaban J connectivity index is 2.57. The Hall–Kier alpha value is -1.87. The minimum absolute atomic E-state index is 0.0656. The van der Waals surface area contributed by atoms with E-state index in [0.717, 1.165) is 11.3 Å². The number of hydrogen-bond donors (Lipinski definition) is 1. The number of aliphatic hydroxyl groups is 1. The van der Waals surface area contributed by atoms with E-state index in [4.69, 9.17) is 4.74 Å². The van der Waals surface area contributed by atoms with Gasteiger partial charge in [-0.3, -0.25) is 4.79 Å². The second kappa shape index (κ2) is 6.66. The van der Waals surface area contributed by atoms with E-state index in [1.165, 1.54) is 6.08 Å². The Kier molecular flexibility index (Phi) is 5.17. The van der Waals surface area contributed by atoms with Crippen LogP contribution in [0.3, 0.4) is 0 Å². The van der Waals surface area contributed by atoms with Crippen LogP contribution in [0.1, 0.15) is 12.0 Å². The number of rotatable bonds is 6. The van der Waals surface area contributed by atoms with Crippen LogP contribution in [0.5, 0.6) is 5.75 Å². The summed E-state index contributed by atoms with van der Waals surface area (Å²) in [5.74, 6) is 0.612. The Morgan fingerprint density at radius 1 is 1.47 bits per heavy atom. The van der Waals surface area contributed by atoms with Crippen molar-refractivity contribution in [3.8, 4) is 5.75 Å². The van der Waals surface area contributed by atoms with E-state index in [9.17, 15) is 9.90 Å². The van der Waals surface area contributed by atoms with Crippen LogP contribution in [0.25, 0.3) is 6.08 Å². The third kappa shape index (κ3) is 4.66. The molecule has 0 fully saturated rings. The summed E-state index contributed by atoms with van der Waals surface area (Å²) in [5.41, 5.74) is 0.941. The number of aliphatic hydroxyl groups excluding tert-OH is 1. The molecular weight excluding hydrogens is 216 g/mol. The lowest BCUT2D eigenvalue weighted by atomic mass is 10.1. The van der Waals surface area contributed by atoms with Gasteiger partial charge in [-0.25, -0.2) is 0 Å². The molecule has 0 saturated heterocycles. The second-order valence-corrected chi connectivity index (χ2v) is 3.57. The molecule has 1 N–H and O–H groups in total. The first kappa shape index (κ1) is 13.2. The molecule has 1 atom stereocenters. The standard InChI is InChI=1S/C14H16O3/c1-3-12(15)10-13(16)7-4-11-5-8-14(17-2)9-6-11/h3-9,13,16H,1,10H2,2H3/b7-4+. The summed E-state index contributed by atoms with van der Waals surface area (Å²) >= 11 is 0. The van der Waals surface area contributed by atoms with Crippen molar-refractivity contribution in [1.82, 2.24) is 0 Å². The topological polar surface area (TPSA) is 46.5 Å². The average Bonchev–Trinajstić information content (AvgIpc) is 2.36. The summed E-state index contributed by atoms with van der Waals surface area (Å²) in [5, 5.41) is 9.53. The molecule has 0 saturated carbocycles. The van der Waals surface area contributed by atoms with Gasteiger partial charge in [0.15, 0.2) is 5.78 Å². The molecule has 17 heavy (non-hydrogen) atoms. The number of ether oxygens (including phenoxy) is 1. The lowest BCUT2D eigenvalue weighted by Gasteiger charge is -2.02. The minimum atomic E-state index is -0.775. The van der Waals surface area contributed by atoms with Crippen LogP contribution < -0.4 is 4.74 Å². The molecule has 0 spiro atoms. The fourth-order valence-electron chi connectivity index (χ4n) is 1.29. The molecule has 1 unspecified atom stereocenters. The quantitative estimate of drug-likeness (QED) is 0.765. The van der Waals surface area contributed by atoms with Crippen LogP contribution in [0.15, 0.2) is 43.0 Å². The maximum atomic E-state index is 11.0. The summed E-state index contributed by atoms with van der Waals surface area (Å²) in [4.78, 5) is 11.0. The molecule has 0 aliphatic heterocycles. The van der Waals surface area contributed by atoms with Crippen molar-refractivity contribution in [3.63, 3.8) is 0 Å². The molecule has 0 aliphatic carbocycles. The monoisotopic (exact) mass is 232 g/mol. The Morgan fingerprint density at radius 2 is 2.12 bits per heavy atom. The Bertz CT molecular complexity index is 404. The van der Waals surface area contributed by atoms with Crippen molar-refractivity contribution in [2.75, 3.05) is 7.11 Å². The number of methoxy groups -OCH3 is 1. The third-order valence-electron chi connectivity index (χ3n) is 2.26. The van der Waals surface area contributed by atoms with E-state index in [1.54, 1.807) is 19.3 Å². The molecule has 3 nitrogen and oxygen atoms in total. The highest BCUT2D eigenvalue weighted by molar-refractivity contribution is 5.89. The summed E-state index contributed by atoms with van der Waals surface area (Å²) in [6, 6.07) is 7.41. The summed E-state index contributed by atoms with van der Waals surface area (Å²) < 4.78 is 5.03. The second-order valence-electron chi connectivity index (χ2n) is 3.57. The van der Waals surface area contributed by atoms with E-state index in [0.29, 0.717) is 0 Å². The van der Waals surface area contributed by atoms with Gasteiger partial charge in [0.05, 0.1) is 13.2 Å². The first-order valence-corrected chi connectivity index (χ1v) is 5.31. The first-order valence-electron chi connectivity index (χ1n) is 5.31. The number of benzene rings is 1. The number of hydrogen-bond acceptors (Lipinski definition) is 3. The van der Waals surface area contributed by atoms with Gasteiger partial charge in [0, 0.05) is 6.42 Å². The number of allylic oxidation sites excluding steroid dienone is 1. The molecule has 1 rings (SSSR count). The van der Waals surface area contributed by atoms with Crippen LogP contribution in [0.4, 0.5) is 0 Å². The first-order chi connectivity index (χ1) is 8.15. The number of carbonyl (C=O) groups excluding carboxylic acids is 1. The largest absolute Gasteiger partial charge is 0.497 e. The molecule has 1 aromatic carbocycles. The number of ketones is 1. The van der Waals surface area contributed by atoms with Crippen LogP contribution in [0, 0.1) is 0 Å². The fourth-order valence-corrected chi connectivity index (χ4v) is 1.29. The van der Waals surface area contributed by atoms with Gasteiger partial charge in [-0.15, -0.1) is 0 Å². The molecule has 0 amide bonds. The zero-order chi connectivity index (χ0) is 12.7. The molecule has 0 radical (unpaired) electrons. The van der Waals surface area contributed by atoms with Gasteiger partial charge in [-0.1, -0.05) is 30.9 Å². The van der Waals surface area contributed by atoms with E-state index in [2.05, 4.69) is 6.58 Å². The van der Waals surface area contributed by atoms with Crippen molar-refractivity contribution in [2.45, 2.75) is 12.5 Å². The maximum Gasteiger partial charge on any atom is 0.158 e. The lowest BCUT2D eigenvalue weighted by molar-refractivity contribution is -0.115. The van der Waals surface area contributed by atoms with E-state index in [-0.39, 0.29) is 12.2 Å². The summed E-state index contributed by atoms with van der Waals surface area (Å²) in [6.45, 7) is 3.35. The highest BCUT2D eigenvalue weighted by Gasteiger charge is 2.03. The third-order valence-corrected chi connectivity index (χ3v) is 2.26. The van der Waals surface area contributed by atoms with Crippen LogP contribution in [0.2, 0.25) is 0 Å². The predicted molar refractivity (Wildman–Crippen MR) is 67.9 cm³/mol. The fraction of sp³-hybridized carbons (Fsp3) is 0.214. The molecule has 90 valence electrons. The van der Waals surface area contributed by atoms with Crippen molar-refractivity contribution < 1.29 is 14.6 Å². The SMILES string of the molecule is C=CC(=O)CC(O)/C=C/c1ccc(OC)cc1. The Labute approximate surface area is 101 Å². The predicted octanol–water partition coefficient (Wildman–Crippen LogP) is 2.21. The van der Waals surface area contributed by atoms with Gasteiger partial charge in [-0.05, 0) is 23.8 Å². The zero-order valence-electron chi connectivity index (χ0n) is 9.80. The van der Waals surface area contributed by atoms with Crippen LogP contribution in [-0.2, 0) is 4.79 Å².